The van der Waals surface area contributed by atoms with Gasteiger partial charge in [0.1, 0.15) is 11.6 Å². The second kappa shape index (κ2) is 6.70. The number of halogens is 2. The molecule has 3 nitrogen and oxygen atoms in total. The summed E-state index contributed by atoms with van der Waals surface area (Å²) in [7, 11) is 0. The first-order chi connectivity index (χ1) is 10.1. The van der Waals surface area contributed by atoms with Gasteiger partial charge in [0.2, 0.25) is 0 Å². The summed E-state index contributed by atoms with van der Waals surface area (Å²) in [6.07, 6.45) is 5.41. The molecule has 0 atom stereocenters. The van der Waals surface area contributed by atoms with Crippen molar-refractivity contribution < 1.29 is 8.78 Å². The lowest BCUT2D eigenvalue weighted by atomic mass is 9.78. The lowest BCUT2D eigenvalue weighted by Gasteiger charge is -2.28. The van der Waals surface area contributed by atoms with Gasteiger partial charge in [-0.2, -0.15) is 0 Å². The van der Waals surface area contributed by atoms with E-state index in [9.17, 15) is 8.78 Å². The summed E-state index contributed by atoms with van der Waals surface area (Å²) < 4.78 is 27.2. The van der Waals surface area contributed by atoms with Crippen LogP contribution in [-0.2, 0) is 5.41 Å². The molecule has 21 heavy (non-hydrogen) atoms. The molecule has 0 aliphatic heterocycles. The van der Waals surface area contributed by atoms with Crippen LogP contribution in [-0.4, -0.2) is 19.0 Å². The van der Waals surface area contributed by atoms with Crippen LogP contribution in [0.15, 0.2) is 35.8 Å². The average molecular weight is 293 g/mol. The molecular weight excluding hydrogens is 272 g/mol. The molecule has 0 aromatic heterocycles. The van der Waals surface area contributed by atoms with Gasteiger partial charge in [-0.05, 0) is 24.5 Å². The largest absolute Gasteiger partial charge is 0.370 e. The molecular formula is C16H21F2N3. The fourth-order valence-corrected chi connectivity index (χ4v) is 2.95. The van der Waals surface area contributed by atoms with Gasteiger partial charge >= 0.3 is 0 Å². The van der Waals surface area contributed by atoms with E-state index in [1.165, 1.54) is 6.07 Å². The average Bonchev–Trinajstić information content (AvgIpc) is 2.92. The van der Waals surface area contributed by atoms with E-state index in [4.69, 9.17) is 5.73 Å². The van der Waals surface area contributed by atoms with Gasteiger partial charge in [0.05, 0.1) is 6.54 Å². The van der Waals surface area contributed by atoms with Gasteiger partial charge in [-0.15, -0.1) is 6.58 Å². The third-order valence-electron chi connectivity index (χ3n) is 4.04. The Morgan fingerprint density at radius 3 is 2.71 bits per heavy atom. The minimum Gasteiger partial charge on any atom is -0.370 e. The van der Waals surface area contributed by atoms with Crippen molar-refractivity contribution in [3.05, 3.63) is 48.1 Å². The van der Waals surface area contributed by atoms with Crippen LogP contribution < -0.4 is 11.1 Å². The summed E-state index contributed by atoms with van der Waals surface area (Å²) in [6.45, 7) is 4.54. The Morgan fingerprint density at radius 1 is 1.38 bits per heavy atom. The zero-order valence-corrected chi connectivity index (χ0v) is 12.0. The maximum Gasteiger partial charge on any atom is 0.188 e. The van der Waals surface area contributed by atoms with Gasteiger partial charge in [-0.3, -0.25) is 4.99 Å². The van der Waals surface area contributed by atoms with E-state index in [-0.39, 0.29) is 5.41 Å². The molecule has 5 heteroatoms. The highest BCUT2D eigenvalue weighted by Gasteiger charge is 2.37. The number of benzene rings is 1. The number of guanidine groups is 1. The summed E-state index contributed by atoms with van der Waals surface area (Å²) >= 11 is 0. The van der Waals surface area contributed by atoms with Crippen LogP contribution in [0.2, 0.25) is 0 Å². The fourth-order valence-electron chi connectivity index (χ4n) is 2.95. The molecule has 0 bridgehead atoms. The maximum absolute atomic E-state index is 14.1. The summed E-state index contributed by atoms with van der Waals surface area (Å²) in [5, 5.41) is 2.90. The Balaban J connectivity index is 2.22. The number of nitrogens with one attached hydrogen (secondary N) is 1. The highest BCUT2D eigenvalue weighted by Crippen LogP contribution is 2.42. The van der Waals surface area contributed by atoms with Crippen molar-refractivity contribution in [3.8, 4) is 0 Å². The molecule has 114 valence electrons. The molecule has 3 N–H and O–H groups in total. The topological polar surface area (TPSA) is 50.4 Å². The summed E-state index contributed by atoms with van der Waals surface area (Å²) in [6, 6.07) is 3.79. The number of hydrogen-bond acceptors (Lipinski definition) is 1. The number of aliphatic imine (C=N–C) groups is 1. The molecule has 0 spiro atoms. The van der Waals surface area contributed by atoms with Gasteiger partial charge in [-0.1, -0.05) is 25.0 Å². The van der Waals surface area contributed by atoms with E-state index < -0.39 is 11.6 Å². The minimum atomic E-state index is -0.555. The molecule has 2 rings (SSSR count). The fraction of sp³-hybridized carbons (Fsp3) is 0.438. The first-order valence-electron chi connectivity index (χ1n) is 7.18. The molecule has 1 aliphatic carbocycles. The third kappa shape index (κ3) is 3.60. The van der Waals surface area contributed by atoms with E-state index in [1.807, 2.05) is 0 Å². The van der Waals surface area contributed by atoms with E-state index in [2.05, 4.69) is 16.9 Å². The van der Waals surface area contributed by atoms with E-state index in [1.54, 1.807) is 12.1 Å². The molecule has 0 unspecified atom stereocenters. The van der Waals surface area contributed by atoms with Crippen LogP contribution in [0, 0.1) is 11.6 Å². The van der Waals surface area contributed by atoms with Gasteiger partial charge in [0.15, 0.2) is 5.96 Å². The normalized spacial score (nSPS) is 17.7. The molecule has 1 aromatic carbocycles. The van der Waals surface area contributed by atoms with Crippen LogP contribution >= 0.6 is 0 Å². The Labute approximate surface area is 124 Å². The number of rotatable bonds is 5. The third-order valence-corrected chi connectivity index (χ3v) is 4.04. The summed E-state index contributed by atoms with van der Waals surface area (Å²) in [4.78, 5) is 4.33. The lowest BCUT2D eigenvalue weighted by molar-refractivity contribution is 0.424. The smallest absolute Gasteiger partial charge is 0.188 e. The Bertz CT molecular complexity index is 534. The first-order valence-corrected chi connectivity index (χ1v) is 7.18. The Kier molecular flexibility index (Phi) is 4.94. The minimum absolute atomic E-state index is 0.323. The molecule has 1 fully saturated rings. The van der Waals surface area contributed by atoms with Gasteiger partial charge in [0.25, 0.3) is 0 Å². The molecule has 0 radical (unpaired) electrons. The second-order valence-electron chi connectivity index (χ2n) is 5.48. The molecule has 0 heterocycles. The van der Waals surface area contributed by atoms with E-state index in [0.717, 1.165) is 31.7 Å². The zero-order valence-electron chi connectivity index (χ0n) is 12.0. The number of nitrogens with zero attached hydrogens (tertiary/aromatic N) is 1. The van der Waals surface area contributed by atoms with Crippen molar-refractivity contribution in [1.82, 2.24) is 5.32 Å². The monoisotopic (exact) mass is 293 g/mol. The molecule has 0 saturated heterocycles. The number of nitrogens with two attached hydrogens (primary N) is 1. The molecule has 1 aromatic rings. The van der Waals surface area contributed by atoms with E-state index in [0.29, 0.717) is 24.6 Å². The molecule has 1 saturated carbocycles. The van der Waals surface area contributed by atoms with Crippen molar-refractivity contribution in [1.29, 1.82) is 0 Å². The van der Waals surface area contributed by atoms with Gasteiger partial charge in [-0.25, -0.2) is 8.78 Å². The maximum atomic E-state index is 14.1. The zero-order chi connectivity index (χ0) is 15.3. The second-order valence-corrected chi connectivity index (χ2v) is 5.48. The first kappa shape index (κ1) is 15.5. The van der Waals surface area contributed by atoms with Crippen LogP contribution in [0.3, 0.4) is 0 Å². The highest BCUT2D eigenvalue weighted by molar-refractivity contribution is 5.78. The SMILES string of the molecule is C=CCNC(N)=NCC1(c2ccc(F)cc2F)CCCC1. The molecule has 1 aliphatic rings. The quantitative estimate of drug-likeness (QED) is 0.498. The van der Waals surface area contributed by atoms with Crippen molar-refractivity contribution in [2.24, 2.45) is 10.7 Å². The Hall–Kier alpha value is -1.91. The van der Waals surface area contributed by atoms with Crippen LogP contribution in [0.1, 0.15) is 31.2 Å². The van der Waals surface area contributed by atoms with Crippen molar-refractivity contribution >= 4 is 5.96 Å². The van der Waals surface area contributed by atoms with Crippen molar-refractivity contribution in [3.63, 3.8) is 0 Å². The lowest BCUT2D eigenvalue weighted by Crippen LogP contribution is -2.35. The summed E-state index contributed by atoms with van der Waals surface area (Å²) in [5.74, 6) is -0.728. The summed E-state index contributed by atoms with van der Waals surface area (Å²) in [5.41, 5.74) is 5.94. The Morgan fingerprint density at radius 2 is 2.10 bits per heavy atom. The number of hydrogen-bond donors (Lipinski definition) is 2. The van der Waals surface area contributed by atoms with Gasteiger partial charge < -0.3 is 11.1 Å². The predicted octanol–water partition coefficient (Wildman–Crippen LogP) is 2.87. The van der Waals surface area contributed by atoms with Crippen molar-refractivity contribution in [2.45, 2.75) is 31.1 Å². The molecule has 0 amide bonds. The van der Waals surface area contributed by atoms with Crippen LogP contribution in [0.4, 0.5) is 8.78 Å². The van der Waals surface area contributed by atoms with E-state index >= 15 is 0 Å². The predicted molar refractivity (Wildman–Crippen MR) is 81.2 cm³/mol. The van der Waals surface area contributed by atoms with Crippen molar-refractivity contribution in [2.75, 3.05) is 13.1 Å². The highest BCUT2D eigenvalue weighted by atomic mass is 19.1. The standard InChI is InChI=1S/C16H21F2N3/c1-2-9-20-15(19)21-11-16(7-3-4-8-16)13-6-5-12(17)10-14(13)18/h2,5-6,10H,1,3-4,7-9,11H2,(H3,19,20,21). The van der Waals surface area contributed by atoms with Crippen LogP contribution in [0.25, 0.3) is 0 Å². The van der Waals surface area contributed by atoms with Crippen LogP contribution in [0.5, 0.6) is 0 Å². The van der Waals surface area contributed by atoms with Gasteiger partial charge in [0, 0.05) is 18.0 Å².